The fraction of sp³-hybridized carbons (Fsp3) is 0.615. The molecule has 2 unspecified atom stereocenters. The third-order valence-corrected chi connectivity index (χ3v) is 10.3. The number of likely N-dealkylation sites (N-methyl/N-ethyl adjacent to an activating group) is 1. The third-order valence-electron chi connectivity index (χ3n) is 9.29. The number of rotatable bonds is 41. The molecule has 1 N–H and O–H groups in total. The molecule has 0 saturated carbocycles. The Hall–Kier alpha value is -3.33. The molecule has 0 rings (SSSR count). The molecule has 0 spiro atoms. The van der Waals surface area contributed by atoms with Crippen LogP contribution < -0.4 is 0 Å². The van der Waals surface area contributed by atoms with Crippen molar-refractivity contribution >= 4 is 19.8 Å². The molecule has 10 heteroatoms. The van der Waals surface area contributed by atoms with Gasteiger partial charge >= 0.3 is 19.8 Å². The molecular weight excluding hydrogens is 798 g/mol. The normalized spacial score (nSPS) is 14.5. The Morgan fingerprint density at radius 2 is 0.935 bits per heavy atom. The number of esters is 2. The highest BCUT2D eigenvalue weighted by Gasteiger charge is 2.27. The van der Waals surface area contributed by atoms with E-state index in [0.717, 1.165) is 83.5 Å². The van der Waals surface area contributed by atoms with Crippen LogP contribution >= 0.6 is 7.82 Å². The predicted octanol–water partition coefficient (Wildman–Crippen LogP) is 13.9. The minimum atomic E-state index is -4.40. The Kier molecular flexibility index (Phi) is 40.6. The predicted molar refractivity (Wildman–Crippen MR) is 261 cm³/mol. The molecular formula is C52H87NO8P+. The monoisotopic (exact) mass is 885 g/mol. The SMILES string of the molecule is CC/C=C\C/C=C\C/C=C\C/C=C\C/C=C\C/C=C\C/C=C\CCCC(=O)OC(COC(=O)CCCCCCC/C=C\C/C=C\CCCCC)COP(=O)(O)OCC[N+](C)(C)C. The smallest absolute Gasteiger partial charge is 0.462 e. The van der Waals surface area contributed by atoms with Crippen LogP contribution in [-0.2, 0) is 32.7 Å². The van der Waals surface area contributed by atoms with E-state index in [4.69, 9.17) is 18.5 Å². The van der Waals surface area contributed by atoms with Gasteiger partial charge in [-0.05, 0) is 96.3 Å². The first-order valence-electron chi connectivity index (χ1n) is 23.6. The molecule has 0 bridgehead atoms. The number of carbonyl (C=O) groups is 2. The van der Waals surface area contributed by atoms with Gasteiger partial charge in [0, 0.05) is 12.8 Å². The number of quaternary nitrogens is 1. The van der Waals surface area contributed by atoms with Crippen LogP contribution in [0.5, 0.6) is 0 Å². The number of nitrogens with zero attached hydrogens (tertiary/aromatic N) is 1. The van der Waals surface area contributed by atoms with Gasteiger partial charge in [0.2, 0.25) is 0 Å². The largest absolute Gasteiger partial charge is 0.472 e. The van der Waals surface area contributed by atoms with Gasteiger partial charge in [-0.25, -0.2) is 4.57 Å². The van der Waals surface area contributed by atoms with Gasteiger partial charge in [0.05, 0.1) is 27.7 Å². The summed E-state index contributed by atoms with van der Waals surface area (Å²) in [5.41, 5.74) is 0. The van der Waals surface area contributed by atoms with Crippen LogP contribution in [0, 0.1) is 0 Å². The van der Waals surface area contributed by atoms with Gasteiger partial charge in [-0.3, -0.25) is 18.6 Å². The molecule has 62 heavy (non-hydrogen) atoms. The van der Waals surface area contributed by atoms with Crippen molar-refractivity contribution in [1.82, 2.24) is 0 Å². The molecule has 0 heterocycles. The molecule has 0 aliphatic carbocycles. The van der Waals surface area contributed by atoms with Gasteiger partial charge in [-0.2, -0.15) is 0 Å². The maximum atomic E-state index is 12.7. The second-order valence-corrected chi connectivity index (χ2v) is 17.9. The lowest BCUT2D eigenvalue weighted by molar-refractivity contribution is -0.870. The summed E-state index contributed by atoms with van der Waals surface area (Å²) in [6.07, 6.45) is 58.6. The summed E-state index contributed by atoms with van der Waals surface area (Å²) in [5.74, 6) is -0.896. The van der Waals surface area contributed by atoms with Gasteiger partial charge in [0.1, 0.15) is 19.8 Å². The molecule has 0 aromatic rings. The number of phosphoric ester groups is 1. The van der Waals surface area contributed by atoms with Gasteiger partial charge in [-0.15, -0.1) is 0 Å². The molecule has 0 amide bonds. The number of allylic oxidation sites excluding steroid dienone is 18. The summed E-state index contributed by atoms with van der Waals surface area (Å²) in [4.78, 5) is 35.4. The lowest BCUT2D eigenvalue weighted by Crippen LogP contribution is -2.37. The summed E-state index contributed by atoms with van der Waals surface area (Å²) in [7, 11) is 1.41. The average Bonchev–Trinajstić information content (AvgIpc) is 3.23. The van der Waals surface area contributed by atoms with Crippen LogP contribution in [0.15, 0.2) is 109 Å². The van der Waals surface area contributed by atoms with E-state index in [9.17, 15) is 19.0 Å². The first-order valence-corrected chi connectivity index (χ1v) is 25.1. The number of hydrogen-bond donors (Lipinski definition) is 1. The van der Waals surface area contributed by atoms with Gasteiger partial charge in [0.15, 0.2) is 6.10 Å². The topological polar surface area (TPSA) is 108 Å². The molecule has 9 nitrogen and oxygen atoms in total. The Morgan fingerprint density at radius 3 is 1.42 bits per heavy atom. The molecule has 352 valence electrons. The van der Waals surface area contributed by atoms with E-state index in [-0.39, 0.29) is 26.1 Å². The van der Waals surface area contributed by atoms with Crippen molar-refractivity contribution in [2.24, 2.45) is 0 Å². The fourth-order valence-electron chi connectivity index (χ4n) is 5.62. The third kappa shape index (κ3) is 46.2. The number of hydrogen-bond acceptors (Lipinski definition) is 7. The zero-order valence-corrected chi connectivity index (χ0v) is 40.4. The van der Waals surface area contributed by atoms with Crippen molar-refractivity contribution in [3.05, 3.63) is 109 Å². The maximum absolute atomic E-state index is 12.7. The highest BCUT2D eigenvalue weighted by atomic mass is 31.2. The molecule has 0 aliphatic heterocycles. The van der Waals surface area contributed by atoms with E-state index >= 15 is 0 Å². The molecule has 0 saturated heterocycles. The highest BCUT2D eigenvalue weighted by molar-refractivity contribution is 7.47. The lowest BCUT2D eigenvalue weighted by Gasteiger charge is -2.24. The van der Waals surface area contributed by atoms with Crippen LogP contribution in [0.2, 0.25) is 0 Å². The lowest BCUT2D eigenvalue weighted by atomic mass is 10.1. The number of carbonyl (C=O) groups excluding carboxylic acids is 2. The molecule has 0 aliphatic rings. The number of ether oxygens (including phenoxy) is 2. The van der Waals surface area contributed by atoms with Crippen molar-refractivity contribution in [3.63, 3.8) is 0 Å². The Balaban J connectivity index is 4.48. The van der Waals surface area contributed by atoms with E-state index in [2.05, 4.69) is 117 Å². The van der Waals surface area contributed by atoms with Crippen LogP contribution in [0.4, 0.5) is 0 Å². The van der Waals surface area contributed by atoms with Crippen molar-refractivity contribution < 1.29 is 42.1 Å². The molecule has 2 atom stereocenters. The van der Waals surface area contributed by atoms with Crippen LogP contribution in [0.3, 0.4) is 0 Å². The van der Waals surface area contributed by atoms with E-state index in [1.165, 1.54) is 25.7 Å². The van der Waals surface area contributed by atoms with Gasteiger partial charge < -0.3 is 18.9 Å². The van der Waals surface area contributed by atoms with E-state index in [1.54, 1.807) is 0 Å². The second-order valence-electron chi connectivity index (χ2n) is 16.4. The van der Waals surface area contributed by atoms with Crippen molar-refractivity contribution in [2.75, 3.05) is 47.5 Å². The number of phosphoric acid groups is 1. The van der Waals surface area contributed by atoms with Crippen molar-refractivity contribution in [3.8, 4) is 0 Å². The summed E-state index contributed by atoms with van der Waals surface area (Å²) >= 11 is 0. The Labute approximate surface area is 378 Å². The van der Waals surface area contributed by atoms with Gasteiger partial charge in [0.25, 0.3) is 0 Å². The van der Waals surface area contributed by atoms with E-state index < -0.39 is 32.5 Å². The first kappa shape index (κ1) is 58.7. The highest BCUT2D eigenvalue weighted by Crippen LogP contribution is 2.43. The maximum Gasteiger partial charge on any atom is 0.472 e. The second kappa shape index (κ2) is 42.9. The summed E-state index contributed by atoms with van der Waals surface area (Å²) in [6, 6.07) is 0. The molecule has 0 fully saturated rings. The van der Waals surface area contributed by atoms with Crippen LogP contribution in [0.25, 0.3) is 0 Å². The first-order chi connectivity index (χ1) is 30.0. The average molecular weight is 885 g/mol. The summed E-state index contributed by atoms with van der Waals surface area (Å²) in [6.45, 7) is 4.17. The molecule has 0 radical (unpaired) electrons. The fourth-order valence-corrected chi connectivity index (χ4v) is 6.36. The minimum Gasteiger partial charge on any atom is -0.462 e. The van der Waals surface area contributed by atoms with E-state index in [0.29, 0.717) is 30.3 Å². The zero-order valence-electron chi connectivity index (χ0n) is 39.6. The molecule has 0 aromatic heterocycles. The van der Waals surface area contributed by atoms with Crippen molar-refractivity contribution in [1.29, 1.82) is 0 Å². The Bertz CT molecular complexity index is 1420. The number of unbranched alkanes of at least 4 members (excludes halogenated alkanes) is 9. The standard InChI is InChI=1S/C52H86NO8P/c1-6-8-10-12-14-16-18-20-22-23-24-25-26-27-28-29-31-33-35-37-39-41-43-45-52(55)61-50(49-60-62(56,57)59-47-46-53(3,4)5)48-58-51(54)44-42-40-38-36-34-32-30-21-19-17-15-13-11-9-7-2/h8,10,14-17,20-22,24-25,27-28,30-31,33,37,39,50H,6-7,9,11-13,18-19,23,26,29,32,34-36,38,40-49H2,1-5H3/p+1/b10-8-,16-14-,17-15-,22-20-,25-24-,28-27-,30-21-,33-31-,39-37-. The van der Waals surface area contributed by atoms with E-state index in [1.807, 2.05) is 27.2 Å². The summed E-state index contributed by atoms with van der Waals surface area (Å²) in [5, 5.41) is 0. The van der Waals surface area contributed by atoms with Gasteiger partial charge in [-0.1, -0.05) is 155 Å². The molecule has 0 aromatic carbocycles. The Morgan fingerprint density at radius 1 is 0.516 bits per heavy atom. The van der Waals surface area contributed by atoms with Crippen LogP contribution in [-0.4, -0.2) is 74.9 Å². The van der Waals surface area contributed by atoms with Crippen LogP contribution in [0.1, 0.15) is 155 Å². The quantitative estimate of drug-likeness (QED) is 0.0213. The zero-order chi connectivity index (χ0) is 45.7. The summed E-state index contributed by atoms with van der Waals surface area (Å²) < 4.78 is 34.3. The van der Waals surface area contributed by atoms with Crippen molar-refractivity contribution in [2.45, 2.75) is 161 Å². The minimum absolute atomic E-state index is 0.0118.